The van der Waals surface area contributed by atoms with E-state index in [1.54, 1.807) is 0 Å². The van der Waals surface area contributed by atoms with Crippen molar-refractivity contribution in [2.45, 2.75) is 39.7 Å². The highest BCUT2D eigenvalue weighted by molar-refractivity contribution is 5.30. The summed E-state index contributed by atoms with van der Waals surface area (Å²) in [5, 5.41) is 8.36. The highest BCUT2D eigenvalue weighted by atomic mass is 15.3. The average molecular weight is 271 g/mol. The monoisotopic (exact) mass is 271 g/mol. The van der Waals surface area contributed by atoms with Gasteiger partial charge in [0.1, 0.15) is 0 Å². The fraction of sp³-hybridized carbons (Fsp3) is 0.471. The maximum absolute atomic E-state index is 4.77. The first-order valence-corrected chi connectivity index (χ1v) is 7.64. The van der Waals surface area contributed by atoms with E-state index in [9.17, 15) is 0 Å². The van der Waals surface area contributed by atoms with Gasteiger partial charge in [0, 0.05) is 6.20 Å². The van der Waals surface area contributed by atoms with Crippen LogP contribution in [0.15, 0.2) is 42.6 Å². The van der Waals surface area contributed by atoms with Crippen molar-refractivity contribution in [3.8, 4) is 5.69 Å². The Morgan fingerprint density at radius 2 is 1.75 bits per heavy atom. The Balaban J connectivity index is 2.25. The topological polar surface area (TPSA) is 29.9 Å². The summed E-state index contributed by atoms with van der Waals surface area (Å²) in [6, 6.07) is 12.8. The highest BCUT2D eigenvalue weighted by Gasteiger charge is 2.21. The summed E-state index contributed by atoms with van der Waals surface area (Å²) in [6.45, 7) is 7.64. The zero-order valence-electron chi connectivity index (χ0n) is 12.7. The van der Waals surface area contributed by atoms with E-state index in [4.69, 9.17) is 5.10 Å². The molecule has 0 aliphatic heterocycles. The Bertz CT molecular complexity index is 500. The van der Waals surface area contributed by atoms with Crippen molar-refractivity contribution in [1.29, 1.82) is 0 Å². The van der Waals surface area contributed by atoms with Crippen molar-refractivity contribution in [3.63, 3.8) is 0 Å². The first kappa shape index (κ1) is 14.8. The lowest BCUT2D eigenvalue weighted by Crippen LogP contribution is -2.28. The summed E-state index contributed by atoms with van der Waals surface area (Å²) in [4.78, 5) is 0. The Morgan fingerprint density at radius 3 is 2.35 bits per heavy atom. The smallest absolute Gasteiger partial charge is 0.0801 e. The van der Waals surface area contributed by atoms with Crippen LogP contribution in [0.5, 0.6) is 0 Å². The number of nitrogens with zero attached hydrogens (tertiary/aromatic N) is 2. The molecular formula is C17H25N3. The molecule has 2 rings (SSSR count). The highest BCUT2D eigenvalue weighted by Crippen LogP contribution is 2.26. The molecule has 1 atom stereocenters. The lowest BCUT2D eigenvalue weighted by molar-refractivity contribution is 0.339. The lowest BCUT2D eigenvalue weighted by Gasteiger charge is -2.24. The minimum Gasteiger partial charge on any atom is -0.309 e. The molecule has 1 heterocycles. The van der Waals surface area contributed by atoms with E-state index in [2.05, 4.69) is 50.5 Å². The number of hydrogen-bond donors (Lipinski definition) is 1. The molecule has 0 radical (unpaired) electrons. The van der Waals surface area contributed by atoms with E-state index in [-0.39, 0.29) is 0 Å². The molecule has 1 aromatic carbocycles. The van der Waals surface area contributed by atoms with Crippen molar-refractivity contribution in [2.24, 2.45) is 5.92 Å². The third kappa shape index (κ3) is 3.28. The van der Waals surface area contributed by atoms with Crippen LogP contribution in [0.1, 0.15) is 45.3 Å². The van der Waals surface area contributed by atoms with E-state index in [0.717, 1.165) is 17.9 Å². The Labute approximate surface area is 122 Å². The van der Waals surface area contributed by atoms with Crippen LogP contribution in [0.3, 0.4) is 0 Å². The van der Waals surface area contributed by atoms with Gasteiger partial charge in [-0.25, -0.2) is 4.68 Å². The van der Waals surface area contributed by atoms with Crippen LogP contribution >= 0.6 is 0 Å². The maximum atomic E-state index is 4.77. The van der Waals surface area contributed by atoms with Gasteiger partial charge in [0.2, 0.25) is 0 Å². The van der Waals surface area contributed by atoms with Crippen molar-refractivity contribution in [1.82, 2.24) is 15.1 Å². The van der Waals surface area contributed by atoms with Gasteiger partial charge in [-0.05, 0) is 30.7 Å². The number of rotatable bonds is 7. The quantitative estimate of drug-likeness (QED) is 0.826. The van der Waals surface area contributed by atoms with Crippen molar-refractivity contribution in [3.05, 3.63) is 48.3 Å². The molecule has 0 bridgehead atoms. The van der Waals surface area contributed by atoms with Gasteiger partial charge in [-0.3, -0.25) is 0 Å². The molecule has 0 saturated heterocycles. The van der Waals surface area contributed by atoms with Gasteiger partial charge in [0.15, 0.2) is 0 Å². The second kappa shape index (κ2) is 7.25. The maximum Gasteiger partial charge on any atom is 0.0801 e. The van der Waals surface area contributed by atoms with Gasteiger partial charge in [-0.1, -0.05) is 51.8 Å². The molecule has 108 valence electrons. The zero-order valence-corrected chi connectivity index (χ0v) is 12.7. The first-order valence-electron chi connectivity index (χ1n) is 7.64. The van der Waals surface area contributed by atoms with Gasteiger partial charge in [-0.15, -0.1) is 0 Å². The Morgan fingerprint density at radius 1 is 1.05 bits per heavy atom. The number of hydrogen-bond acceptors (Lipinski definition) is 2. The van der Waals surface area contributed by atoms with Crippen LogP contribution in [0.4, 0.5) is 0 Å². The van der Waals surface area contributed by atoms with Gasteiger partial charge in [0.25, 0.3) is 0 Å². The van der Waals surface area contributed by atoms with Crippen LogP contribution in [0, 0.1) is 5.92 Å². The molecule has 20 heavy (non-hydrogen) atoms. The predicted molar refractivity (Wildman–Crippen MR) is 84.1 cm³/mol. The van der Waals surface area contributed by atoms with Crippen molar-refractivity contribution >= 4 is 0 Å². The van der Waals surface area contributed by atoms with Gasteiger partial charge < -0.3 is 5.32 Å². The number of para-hydroxylation sites is 1. The SMILES string of the molecule is CCNC(c1ccn(-c2ccccc2)n1)C(CC)CC. The second-order valence-corrected chi connectivity index (χ2v) is 5.13. The van der Waals surface area contributed by atoms with Crippen LogP contribution in [-0.2, 0) is 0 Å². The predicted octanol–water partition coefficient (Wildman–Crippen LogP) is 3.96. The molecule has 2 aromatic rings. The van der Waals surface area contributed by atoms with Crippen molar-refractivity contribution in [2.75, 3.05) is 6.54 Å². The zero-order chi connectivity index (χ0) is 14.4. The number of nitrogens with one attached hydrogen (secondary N) is 1. The summed E-state index contributed by atoms with van der Waals surface area (Å²) in [6.07, 6.45) is 4.40. The largest absolute Gasteiger partial charge is 0.309 e. The number of benzene rings is 1. The second-order valence-electron chi connectivity index (χ2n) is 5.13. The molecule has 0 spiro atoms. The Hall–Kier alpha value is -1.61. The molecule has 0 fully saturated rings. The molecule has 3 heteroatoms. The molecule has 0 aliphatic rings. The Kier molecular flexibility index (Phi) is 5.36. The summed E-state index contributed by atoms with van der Waals surface area (Å²) in [5.74, 6) is 0.633. The molecule has 1 aromatic heterocycles. The molecule has 1 unspecified atom stereocenters. The molecule has 1 N–H and O–H groups in total. The molecule has 0 saturated carbocycles. The summed E-state index contributed by atoms with van der Waals surface area (Å²) < 4.78 is 1.96. The fourth-order valence-electron chi connectivity index (χ4n) is 2.72. The van der Waals surface area contributed by atoms with E-state index >= 15 is 0 Å². The van der Waals surface area contributed by atoms with E-state index in [0.29, 0.717) is 12.0 Å². The molecular weight excluding hydrogens is 246 g/mol. The van der Waals surface area contributed by atoms with Gasteiger partial charge >= 0.3 is 0 Å². The normalized spacial score (nSPS) is 12.8. The molecule has 3 nitrogen and oxygen atoms in total. The molecule has 0 amide bonds. The van der Waals surface area contributed by atoms with Crippen LogP contribution in [-0.4, -0.2) is 16.3 Å². The summed E-state index contributed by atoms with van der Waals surface area (Å²) in [5.41, 5.74) is 2.25. The third-order valence-electron chi connectivity index (χ3n) is 3.89. The standard InChI is InChI=1S/C17H25N3/c1-4-14(5-2)17(18-6-3)16-12-13-20(19-16)15-10-8-7-9-11-15/h7-14,17-18H,4-6H2,1-3H3. The minimum atomic E-state index is 0.347. The number of aromatic nitrogens is 2. The average Bonchev–Trinajstić information content (AvgIpc) is 2.98. The summed E-state index contributed by atoms with van der Waals surface area (Å²) >= 11 is 0. The summed E-state index contributed by atoms with van der Waals surface area (Å²) in [7, 11) is 0. The van der Waals surface area contributed by atoms with Crippen molar-refractivity contribution < 1.29 is 0 Å². The molecule has 0 aliphatic carbocycles. The minimum absolute atomic E-state index is 0.347. The van der Waals surface area contributed by atoms with E-state index < -0.39 is 0 Å². The lowest BCUT2D eigenvalue weighted by atomic mass is 9.92. The fourth-order valence-corrected chi connectivity index (χ4v) is 2.72. The third-order valence-corrected chi connectivity index (χ3v) is 3.89. The van der Waals surface area contributed by atoms with E-state index in [1.165, 1.54) is 12.8 Å². The first-order chi connectivity index (χ1) is 9.80. The van der Waals surface area contributed by atoms with Gasteiger partial charge in [0.05, 0.1) is 17.4 Å². The van der Waals surface area contributed by atoms with Gasteiger partial charge in [-0.2, -0.15) is 5.10 Å². The van der Waals surface area contributed by atoms with E-state index in [1.807, 2.05) is 22.9 Å². The van der Waals surface area contributed by atoms with Crippen LogP contribution < -0.4 is 5.32 Å². The van der Waals surface area contributed by atoms with Crippen LogP contribution in [0.2, 0.25) is 0 Å². The van der Waals surface area contributed by atoms with Crippen LogP contribution in [0.25, 0.3) is 5.69 Å².